The fourth-order valence-corrected chi connectivity index (χ4v) is 2.28. The van der Waals surface area contributed by atoms with Gasteiger partial charge in [-0.2, -0.15) is 5.26 Å². The van der Waals surface area contributed by atoms with E-state index in [0.29, 0.717) is 22.0 Å². The van der Waals surface area contributed by atoms with Gasteiger partial charge in [-0.3, -0.25) is 9.59 Å². The van der Waals surface area contributed by atoms with Crippen molar-refractivity contribution in [1.82, 2.24) is 0 Å². The summed E-state index contributed by atoms with van der Waals surface area (Å²) in [5.41, 5.74) is 2.52. The molecule has 2 aromatic carbocycles. The lowest BCUT2D eigenvalue weighted by atomic mass is 10.2. The summed E-state index contributed by atoms with van der Waals surface area (Å²) in [6.07, 6.45) is 0. The van der Waals surface area contributed by atoms with Crippen molar-refractivity contribution in [3.63, 3.8) is 0 Å². The number of hydrogen-bond donors (Lipinski definition) is 1. The highest BCUT2D eigenvalue weighted by molar-refractivity contribution is 6.31. The molecule has 2 rings (SSSR count). The summed E-state index contributed by atoms with van der Waals surface area (Å²) < 4.78 is 0. The van der Waals surface area contributed by atoms with Crippen molar-refractivity contribution in [1.29, 1.82) is 5.26 Å². The number of nitrogens with zero attached hydrogens (tertiary/aromatic N) is 2. The quantitative estimate of drug-likeness (QED) is 0.924. The Kier molecular flexibility index (Phi) is 5.56. The second-order valence-electron chi connectivity index (χ2n) is 5.28. The monoisotopic (exact) mass is 341 g/mol. The fourth-order valence-electron chi connectivity index (χ4n) is 2.11. The average Bonchev–Trinajstić information content (AvgIpc) is 2.56. The van der Waals surface area contributed by atoms with E-state index in [9.17, 15) is 9.59 Å². The highest BCUT2D eigenvalue weighted by atomic mass is 35.5. The van der Waals surface area contributed by atoms with Crippen LogP contribution in [-0.2, 0) is 9.59 Å². The molecule has 0 saturated carbocycles. The molecule has 0 bridgehead atoms. The standard InChI is InChI=1S/C18H16ClN3O2/c1-12-3-8-16(9-17(12)19)22(13(2)23)11-18(24)21-15-6-4-14(10-20)5-7-15/h3-9H,11H2,1-2H3,(H,21,24). The smallest absolute Gasteiger partial charge is 0.244 e. The second-order valence-corrected chi connectivity index (χ2v) is 5.68. The Labute approximate surface area is 145 Å². The maximum absolute atomic E-state index is 12.2. The zero-order chi connectivity index (χ0) is 17.7. The minimum Gasteiger partial charge on any atom is -0.325 e. The number of hydrogen-bond acceptors (Lipinski definition) is 3. The minimum atomic E-state index is -0.341. The van der Waals surface area contributed by atoms with E-state index in [1.54, 1.807) is 42.5 Å². The van der Waals surface area contributed by atoms with Crippen molar-refractivity contribution in [2.24, 2.45) is 0 Å². The number of amides is 2. The van der Waals surface area contributed by atoms with Crippen LogP contribution in [0.5, 0.6) is 0 Å². The Bertz CT molecular complexity index is 810. The maximum Gasteiger partial charge on any atom is 0.244 e. The number of halogens is 1. The van der Waals surface area contributed by atoms with Crippen molar-refractivity contribution in [2.75, 3.05) is 16.8 Å². The van der Waals surface area contributed by atoms with E-state index in [0.717, 1.165) is 5.56 Å². The van der Waals surface area contributed by atoms with Crippen LogP contribution in [0.4, 0.5) is 11.4 Å². The zero-order valence-corrected chi connectivity index (χ0v) is 14.1. The van der Waals surface area contributed by atoms with Crippen LogP contribution in [0.3, 0.4) is 0 Å². The van der Waals surface area contributed by atoms with Gasteiger partial charge in [-0.1, -0.05) is 17.7 Å². The predicted octanol–water partition coefficient (Wildman–Crippen LogP) is 3.51. The van der Waals surface area contributed by atoms with Gasteiger partial charge in [0.25, 0.3) is 0 Å². The van der Waals surface area contributed by atoms with Crippen LogP contribution in [0.1, 0.15) is 18.1 Å². The maximum atomic E-state index is 12.2. The summed E-state index contributed by atoms with van der Waals surface area (Å²) >= 11 is 6.09. The molecule has 6 heteroatoms. The molecular formula is C18H16ClN3O2. The summed E-state index contributed by atoms with van der Waals surface area (Å²) in [5, 5.41) is 12.0. The SMILES string of the molecule is CC(=O)N(CC(=O)Nc1ccc(C#N)cc1)c1ccc(C)c(Cl)c1. The Morgan fingerprint density at radius 1 is 1.21 bits per heavy atom. The van der Waals surface area contributed by atoms with E-state index in [2.05, 4.69) is 5.32 Å². The number of nitriles is 1. The Balaban J connectivity index is 2.12. The molecule has 0 radical (unpaired) electrons. The molecule has 24 heavy (non-hydrogen) atoms. The largest absolute Gasteiger partial charge is 0.325 e. The number of benzene rings is 2. The van der Waals surface area contributed by atoms with Crippen LogP contribution in [0.2, 0.25) is 5.02 Å². The molecule has 2 aromatic rings. The highest BCUT2D eigenvalue weighted by Gasteiger charge is 2.16. The van der Waals surface area contributed by atoms with Crippen LogP contribution in [0.15, 0.2) is 42.5 Å². The second kappa shape index (κ2) is 7.62. The van der Waals surface area contributed by atoms with Crippen molar-refractivity contribution < 1.29 is 9.59 Å². The number of aryl methyl sites for hydroxylation is 1. The molecule has 0 aliphatic rings. The van der Waals surface area contributed by atoms with Crippen LogP contribution >= 0.6 is 11.6 Å². The molecule has 122 valence electrons. The topological polar surface area (TPSA) is 73.2 Å². The lowest BCUT2D eigenvalue weighted by Crippen LogP contribution is -2.36. The Hall–Kier alpha value is -2.84. The molecule has 0 aliphatic heterocycles. The van der Waals surface area contributed by atoms with E-state index >= 15 is 0 Å². The van der Waals surface area contributed by atoms with Gasteiger partial charge in [0.2, 0.25) is 11.8 Å². The lowest BCUT2D eigenvalue weighted by Gasteiger charge is -2.21. The molecule has 0 atom stereocenters. The van der Waals surface area contributed by atoms with Gasteiger partial charge in [0, 0.05) is 23.3 Å². The molecule has 0 heterocycles. The highest BCUT2D eigenvalue weighted by Crippen LogP contribution is 2.23. The van der Waals surface area contributed by atoms with Crippen LogP contribution < -0.4 is 10.2 Å². The van der Waals surface area contributed by atoms with Crippen molar-refractivity contribution in [3.05, 3.63) is 58.6 Å². The van der Waals surface area contributed by atoms with Gasteiger partial charge < -0.3 is 10.2 Å². The fraction of sp³-hybridized carbons (Fsp3) is 0.167. The zero-order valence-electron chi connectivity index (χ0n) is 13.3. The van der Waals surface area contributed by atoms with E-state index in [-0.39, 0.29) is 18.4 Å². The first-order chi connectivity index (χ1) is 11.4. The van der Waals surface area contributed by atoms with Crippen LogP contribution in [0, 0.1) is 18.3 Å². The van der Waals surface area contributed by atoms with Gasteiger partial charge in [0.05, 0.1) is 11.6 Å². The van der Waals surface area contributed by atoms with Gasteiger partial charge in [0.1, 0.15) is 6.54 Å². The third kappa shape index (κ3) is 4.34. The Morgan fingerprint density at radius 2 is 1.88 bits per heavy atom. The first kappa shape index (κ1) is 17.5. The van der Waals surface area contributed by atoms with Crippen molar-refractivity contribution >= 4 is 34.8 Å². The molecule has 0 aromatic heterocycles. The van der Waals surface area contributed by atoms with Gasteiger partial charge in [-0.05, 0) is 48.9 Å². The van der Waals surface area contributed by atoms with E-state index in [1.807, 2.05) is 13.0 Å². The summed E-state index contributed by atoms with van der Waals surface area (Å²) in [5.74, 6) is -0.600. The first-order valence-electron chi connectivity index (χ1n) is 7.25. The molecule has 0 unspecified atom stereocenters. The van der Waals surface area contributed by atoms with Gasteiger partial charge in [-0.15, -0.1) is 0 Å². The first-order valence-corrected chi connectivity index (χ1v) is 7.63. The number of anilines is 2. The predicted molar refractivity (Wildman–Crippen MR) is 94.0 cm³/mol. The third-order valence-electron chi connectivity index (χ3n) is 3.45. The minimum absolute atomic E-state index is 0.130. The van der Waals surface area contributed by atoms with Gasteiger partial charge in [0.15, 0.2) is 0 Å². The third-order valence-corrected chi connectivity index (χ3v) is 3.85. The lowest BCUT2D eigenvalue weighted by molar-refractivity contribution is -0.120. The molecule has 0 saturated heterocycles. The summed E-state index contributed by atoms with van der Waals surface area (Å²) in [4.78, 5) is 25.4. The van der Waals surface area contributed by atoms with Crippen molar-refractivity contribution in [2.45, 2.75) is 13.8 Å². The summed E-state index contributed by atoms with van der Waals surface area (Å²) in [6.45, 7) is 3.12. The van der Waals surface area contributed by atoms with Gasteiger partial charge in [-0.25, -0.2) is 0 Å². The van der Waals surface area contributed by atoms with Crippen LogP contribution in [0.25, 0.3) is 0 Å². The molecule has 1 N–H and O–H groups in total. The molecule has 0 aliphatic carbocycles. The molecular weight excluding hydrogens is 326 g/mol. The Morgan fingerprint density at radius 3 is 2.42 bits per heavy atom. The summed E-state index contributed by atoms with van der Waals surface area (Å²) in [7, 11) is 0. The van der Waals surface area contributed by atoms with Crippen molar-refractivity contribution in [3.8, 4) is 6.07 Å². The number of carbonyl (C=O) groups is 2. The summed E-state index contributed by atoms with van der Waals surface area (Å²) in [6, 6.07) is 13.7. The average molecular weight is 342 g/mol. The van der Waals surface area contributed by atoms with Gasteiger partial charge >= 0.3 is 0 Å². The number of carbonyl (C=O) groups excluding carboxylic acids is 2. The number of nitrogens with one attached hydrogen (secondary N) is 1. The molecule has 5 nitrogen and oxygen atoms in total. The molecule has 0 fully saturated rings. The van der Waals surface area contributed by atoms with E-state index in [1.165, 1.54) is 11.8 Å². The van der Waals surface area contributed by atoms with E-state index in [4.69, 9.17) is 16.9 Å². The molecule has 0 spiro atoms. The van der Waals surface area contributed by atoms with E-state index < -0.39 is 0 Å². The normalized spacial score (nSPS) is 9.92. The number of rotatable bonds is 4. The van der Waals surface area contributed by atoms with Crippen LogP contribution in [-0.4, -0.2) is 18.4 Å². The molecule has 2 amide bonds.